The van der Waals surface area contributed by atoms with E-state index in [4.69, 9.17) is 5.73 Å². The van der Waals surface area contributed by atoms with E-state index < -0.39 is 0 Å². The first-order chi connectivity index (χ1) is 7.11. The molecule has 88 valence electrons. The summed E-state index contributed by atoms with van der Waals surface area (Å²) in [5.41, 5.74) is 6.35. The van der Waals surface area contributed by atoms with Crippen LogP contribution in [0.1, 0.15) is 46.0 Å². The number of rotatable bonds is 2. The first kappa shape index (κ1) is 11.4. The first-order valence-electron chi connectivity index (χ1n) is 6.55. The van der Waals surface area contributed by atoms with E-state index in [-0.39, 0.29) is 0 Å². The Hall–Kier alpha value is -0.0800. The molecule has 0 amide bonds. The number of nitrogens with zero attached hydrogens (tertiary/aromatic N) is 1. The third-order valence-electron chi connectivity index (χ3n) is 4.31. The van der Waals surface area contributed by atoms with Gasteiger partial charge in [0.25, 0.3) is 0 Å². The molecule has 1 aliphatic carbocycles. The Bertz CT molecular complexity index is 213. The number of likely N-dealkylation sites (tertiary alicyclic amines) is 1. The molecule has 2 N–H and O–H groups in total. The van der Waals surface area contributed by atoms with Crippen LogP contribution in [0.3, 0.4) is 0 Å². The van der Waals surface area contributed by atoms with Gasteiger partial charge in [0.1, 0.15) is 0 Å². The molecule has 2 aliphatic rings. The van der Waals surface area contributed by atoms with Crippen LogP contribution in [0.5, 0.6) is 0 Å². The molecule has 0 aromatic heterocycles. The highest BCUT2D eigenvalue weighted by Gasteiger charge is 2.34. The number of nitrogens with two attached hydrogens (primary N) is 1. The lowest BCUT2D eigenvalue weighted by atomic mass is 9.85. The lowest BCUT2D eigenvalue weighted by Gasteiger charge is -2.35. The largest absolute Gasteiger partial charge is 0.330 e. The van der Waals surface area contributed by atoms with E-state index in [0.29, 0.717) is 5.41 Å². The molecule has 2 fully saturated rings. The van der Waals surface area contributed by atoms with Crippen LogP contribution < -0.4 is 5.73 Å². The summed E-state index contributed by atoms with van der Waals surface area (Å²) >= 11 is 0. The normalized spacial score (nSPS) is 37.0. The molecule has 0 aromatic carbocycles. The fourth-order valence-electron chi connectivity index (χ4n) is 3.27. The van der Waals surface area contributed by atoms with E-state index in [2.05, 4.69) is 18.7 Å². The molecule has 0 aromatic rings. The Morgan fingerprint density at radius 1 is 1.33 bits per heavy atom. The number of hydrogen-bond acceptors (Lipinski definition) is 2. The molecule has 0 spiro atoms. The fraction of sp³-hybridized carbons (Fsp3) is 1.00. The van der Waals surface area contributed by atoms with Gasteiger partial charge in [0.2, 0.25) is 0 Å². The van der Waals surface area contributed by atoms with E-state index in [1.54, 1.807) is 0 Å². The van der Waals surface area contributed by atoms with Gasteiger partial charge < -0.3 is 5.73 Å². The average molecular weight is 210 g/mol. The van der Waals surface area contributed by atoms with E-state index in [1.165, 1.54) is 45.2 Å². The van der Waals surface area contributed by atoms with Crippen molar-refractivity contribution in [3.8, 4) is 0 Å². The molecule has 2 rings (SSSR count). The molecule has 2 nitrogen and oxygen atoms in total. The Morgan fingerprint density at radius 3 is 2.73 bits per heavy atom. The summed E-state index contributed by atoms with van der Waals surface area (Å²) in [6.45, 7) is 8.31. The zero-order chi connectivity index (χ0) is 10.9. The van der Waals surface area contributed by atoms with Crippen molar-refractivity contribution in [2.75, 3.05) is 19.6 Å². The third-order valence-corrected chi connectivity index (χ3v) is 4.31. The molecule has 1 saturated heterocycles. The van der Waals surface area contributed by atoms with E-state index in [9.17, 15) is 0 Å². The summed E-state index contributed by atoms with van der Waals surface area (Å²) in [6, 6.07) is 0.842. The van der Waals surface area contributed by atoms with Gasteiger partial charge in [-0.25, -0.2) is 0 Å². The van der Waals surface area contributed by atoms with Crippen molar-refractivity contribution >= 4 is 0 Å². The van der Waals surface area contributed by atoms with E-state index in [0.717, 1.165) is 18.5 Å². The lowest BCUT2D eigenvalue weighted by molar-refractivity contribution is 0.147. The maximum absolute atomic E-state index is 5.80. The minimum Gasteiger partial charge on any atom is -0.330 e. The second kappa shape index (κ2) is 4.42. The van der Waals surface area contributed by atoms with Gasteiger partial charge in [0.05, 0.1) is 0 Å². The highest BCUT2D eigenvalue weighted by atomic mass is 15.2. The standard InChI is InChI=1S/C13H26N2/c1-13(2)6-7-15(10-13)12-5-3-4-11(8-12)9-14/h11-12H,3-10,14H2,1-2H3. The summed E-state index contributed by atoms with van der Waals surface area (Å²) in [7, 11) is 0. The quantitative estimate of drug-likeness (QED) is 0.757. The monoisotopic (exact) mass is 210 g/mol. The molecule has 15 heavy (non-hydrogen) atoms. The summed E-state index contributed by atoms with van der Waals surface area (Å²) in [4.78, 5) is 2.72. The van der Waals surface area contributed by atoms with Gasteiger partial charge in [0.15, 0.2) is 0 Å². The molecular formula is C13H26N2. The Balaban J connectivity index is 1.88. The molecule has 1 aliphatic heterocycles. The van der Waals surface area contributed by atoms with Crippen molar-refractivity contribution in [1.82, 2.24) is 4.90 Å². The van der Waals surface area contributed by atoms with Crippen LogP contribution in [0.15, 0.2) is 0 Å². The van der Waals surface area contributed by atoms with Gasteiger partial charge in [-0.05, 0) is 50.1 Å². The van der Waals surface area contributed by atoms with Crippen molar-refractivity contribution in [2.45, 2.75) is 52.0 Å². The molecule has 1 heterocycles. The Kier molecular flexibility index (Phi) is 3.36. The molecule has 2 heteroatoms. The summed E-state index contributed by atoms with van der Waals surface area (Å²) in [5, 5.41) is 0. The highest BCUT2D eigenvalue weighted by Crippen LogP contribution is 2.35. The molecule has 2 atom stereocenters. The fourth-order valence-corrected chi connectivity index (χ4v) is 3.27. The van der Waals surface area contributed by atoms with Crippen LogP contribution in [0.4, 0.5) is 0 Å². The minimum absolute atomic E-state index is 0.551. The SMILES string of the molecule is CC1(C)CCN(C2CCCC(CN)C2)C1. The first-order valence-corrected chi connectivity index (χ1v) is 6.55. The smallest absolute Gasteiger partial charge is 0.00986 e. The van der Waals surface area contributed by atoms with Gasteiger partial charge in [-0.15, -0.1) is 0 Å². The van der Waals surface area contributed by atoms with Crippen LogP contribution >= 0.6 is 0 Å². The Labute approximate surface area is 94.2 Å². The van der Waals surface area contributed by atoms with Gasteiger partial charge >= 0.3 is 0 Å². The zero-order valence-electron chi connectivity index (χ0n) is 10.3. The Morgan fingerprint density at radius 2 is 2.13 bits per heavy atom. The topological polar surface area (TPSA) is 29.3 Å². The maximum Gasteiger partial charge on any atom is 0.00986 e. The van der Waals surface area contributed by atoms with Crippen molar-refractivity contribution in [2.24, 2.45) is 17.1 Å². The summed E-state index contributed by atoms with van der Waals surface area (Å²) < 4.78 is 0. The second-order valence-corrected chi connectivity index (χ2v) is 6.31. The van der Waals surface area contributed by atoms with Crippen LogP contribution in [-0.4, -0.2) is 30.6 Å². The third kappa shape index (κ3) is 2.73. The molecular weight excluding hydrogens is 184 g/mol. The lowest BCUT2D eigenvalue weighted by Crippen LogP contribution is -2.39. The predicted octanol–water partition coefficient (Wildman–Crippen LogP) is 2.24. The van der Waals surface area contributed by atoms with Crippen molar-refractivity contribution < 1.29 is 0 Å². The van der Waals surface area contributed by atoms with Gasteiger partial charge in [-0.3, -0.25) is 4.90 Å². The van der Waals surface area contributed by atoms with Crippen molar-refractivity contribution in [1.29, 1.82) is 0 Å². The van der Waals surface area contributed by atoms with Gasteiger partial charge in [-0.1, -0.05) is 20.3 Å². The van der Waals surface area contributed by atoms with Crippen molar-refractivity contribution in [3.05, 3.63) is 0 Å². The zero-order valence-corrected chi connectivity index (χ0v) is 10.3. The highest BCUT2D eigenvalue weighted by molar-refractivity contribution is 4.89. The predicted molar refractivity (Wildman–Crippen MR) is 64.8 cm³/mol. The van der Waals surface area contributed by atoms with Crippen LogP contribution in [0, 0.1) is 11.3 Å². The number of hydrogen-bond donors (Lipinski definition) is 1. The molecule has 2 unspecified atom stereocenters. The van der Waals surface area contributed by atoms with Crippen LogP contribution in [0.25, 0.3) is 0 Å². The van der Waals surface area contributed by atoms with Gasteiger partial charge in [-0.2, -0.15) is 0 Å². The van der Waals surface area contributed by atoms with Gasteiger partial charge in [0, 0.05) is 12.6 Å². The van der Waals surface area contributed by atoms with E-state index >= 15 is 0 Å². The van der Waals surface area contributed by atoms with Crippen molar-refractivity contribution in [3.63, 3.8) is 0 Å². The summed E-state index contributed by atoms with van der Waals surface area (Å²) in [6.07, 6.45) is 6.89. The van der Waals surface area contributed by atoms with Crippen LogP contribution in [0.2, 0.25) is 0 Å². The summed E-state index contributed by atoms with van der Waals surface area (Å²) in [5.74, 6) is 0.799. The van der Waals surface area contributed by atoms with Crippen LogP contribution in [-0.2, 0) is 0 Å². The van der Waals surface area contributed by atoms with E-state index in [1.807, 2.05) is 0 Å². The maximum atomic E-state index is 5.80. The molecule has 0 bridgehead atoms. The average Bonchev–Trinajstić information content (AvgIpc) is 2.59. The molecule has 1 saturated carbocycles. The molecule has 0 radical (unpaired) electrons. The second-order valence-electron chi connectivity index (χ2n) is 6.31. The minimum atomic E-state index is 0.551.